The molecule has 1 aromatic rings. The molecule has 1 aromatic carbocycles. The monoisotopic (exact) mass is 334 g/mol. The molecule has 0 spiro atoms. The van der Waals surface area contributed by atoms with Crippen LogP contribution in [-0.4, -0.2) is 46.3 Å². The highest BCUT2D eigenvalue weighted by atomic mass is 32.2. The van der Waals surface area contributed by atoms with Gasteiger partial charge in [0.25, 0.3) is 0 Å². The molecule has 0 saturated carbocycles. The normalized spacial score (nSPS) is 14.3. The Morgan fingerprint density at radius 2 is 2.17 bits per heavy atom. The molecule has 0 fully saturated rings. The first kappa shape index (κ1) is 17.2. The Morgan fingerprint density at radius 1 is 1.39 bits per heavy atom. The van der Waals surface area contributed by atoms with Crippen LogP contribution in [0.15, 0.2) is 29.3 Å². The summed E-state index contributed by atoms with van der Waals surface area (Å²) in [7, 11) is -3.37. The first-order chi connectivity index (χ1) is 11.1. The maximum Gasteiger partial charge on any atom is 0.237 e. The first-order valence-corrected chi connectivity index (χ1v) is 9.23. The highest BCUT2D eigenvalue weighted by Gasteiger charge is 2.28. The van der Waals surface area contributed by atoms with E-state index in [0.717, 1.165) is 17.7 Å². The molecule has 7 heteroatoms. The number of anilines is 1. The van der Waals surface area contributed by atoms with Crippen LogP contribution >= 0.6 is 0 Å². The number of terminal acetylenes is 1. The Kier molecular flexibility index (Phi) is 5.88. The van der Waals surface area contributed by atoms with Crippen LogP contribution in [-0.2, 0) is 16.4 Å². The summed E-state index contributed by atoms with van der Waals surface area (Å²) in [5.41, 5.74) is 1.86. The third kappa shape index (κ3) is 4.39. The van der Waals surface area contributed by atoms with E-state index in [1.165, 1.54) is 4.31 Å². The first-order valence-electron chi connectivity index (χ1n) is 7.62. The zero-order chi connectivity index (χ0) is 16.7. The second-order valence-electron chi connectivity index (χ2n) is 5.09. The molecule has 23 heavy (non-hydrogen) atoms. The number of hydrogen-bond donors (Lipinski definition) is 2. The van der Waals surface area contributed by atoms with Gasteiger partial charge in [0.15, 0.2) is 5.96 Å². The number of para-hydroxylation sites is 1. The summed E-state index contributed by atoms with van der Waals surface area (Å²) in [4.78, 5) is 4.26. The van der Waals surface area contributed by atoms with Gasteiger partial charge in [-0.1, -0.05) is 24.1 Å². The van der Waals surface area contributed by atoms with Crippen molar-refractivity contribution >= 4 is 21.7 Å². The lowest BCUT2D eigenvalue weighted by atomic mass is 10.2. The zero-order valence-corrected chi connectivity index (χ0v) is 14.1. The average Bonchev–Trinajstić information content (AvgIpc) is 2.97. The number of fused-ring (bicyclic) bond motifs is 1. The predicted octanol–water partition coefficient (Wildman–Crippen LogP) is 0.567. The van der Waals surface area contributed by atoms with Gasteiger partial charge in [0.05, 0.1) is 24.5 Å². The van der Waals surface area contributed by atoms with Gasteiger partial charge in [-0.25, -0.2) is 8.42 Å². The van der Waals surface area contributed by atoms with Crippen LogP contribution in [0.3, 0.4) is 0 Å². The smallest absolute Gasteiger partial charge is 0.237 e. The second-order valence-corrected chi connectivity index (χ2v) is 7.10. The van der Waals surface area contributed by atoms with Crippen molar-refractivity contribution in [1.29, 1.82) is 0 Å². The quantitative estimate of drug-likeness (QED) is 0.453. The van der Waals surface area contributed by atoms with Gasteiger partial charge < -0.3 is 10.6 Å². The summed E-state index contributed by atoms with van der Waals surface area (Å²) in [5, 5.41) is 5.96. The fourth-order valence-corrected chi connectivity index (χ4v) is 3.85. The van der Waals surface area contributed by atoms with Gasteiger partial charge in [-0.15, -0.1) is 6.42 Å². The number of nitrogens with zero attached hydrogens (tertiary/aromatic N) is 2. The highest BCUT2D eigenvalue weighted by molar-refractivity contribution is 7.92. The van der Waals surface area contributed by atoms with Gasteiger partial charge in [0.1, 0.15) is 0 Å². The van der Waals surface area contributed by atoms with Gasteiger partial charge in [-0.2, -0.15) is 0 Å². The number of rotatable bonds is 6. The van der Waals surface area contributed by atoms with Crippen LogP contribution in [0.5, 0.6) is 0 Å². The minimum atomic E-state index is -3.37. The van der Waals surface area contributed by atoms with E-state index in [0.29, 0.717) is 25.6 Å². The van der Waals surface area contributed by atoms with Crippen molar-refractivity contribution in [3.8, 4) is 12.3 Å². The molecule has 0 aromatic heterocycles. The van der Waals surface area contributed by atoms with Crippen LogP contribution in [0.2, 0.25) is 0 Å². The number of benzene rings is 1. The second kappa shape index (κ2) is 7.88. The molecule has 2 N–H and O–H groups in total. The van der Waals surface area contributed by atoms with E-state index >= 15 is 0 Å². The molecule has 0 atom stereocenters. The maximum absolute atomic E-state index is 12.5. The molecule has 1 aliphatic heterocycles. The van der Waals surface area contributed by atoms with Gasteiger partial charge in [-0.3, -0.25) is 9.30 Å². The number of sulfonamides is 1. The van der Waals surface area contributed by atoms with Gasteiger partial charge >= 0.3 is 0 Å². The standard InChI is InChI=1S/C16H22N4O2S/c1-3-10-18-16(17-4-2)19-11-13-23(21,22)20-12-9-14-7-5-6-8-15(14)20/h1,5-8H,4,9-13H2,2H3,(H2,17,18,19). The molecule has 0 bridgehead atoms. The van der Waals surface area contributed by atoms with Gasteiger partial charge in [0.2, 0.25) is 10.0 Å². The highest BCUT2D eigenvalue weighted by Crippen LogP contribution is 2.29. The van der Waals surface area contributed by atoms with Crippen LogP contribution in [0.25, 0.3) is 0 Å². The molecule has 6 nitrogen and oxygen atoms in total. The van der Waals surface area contributed by atoms with E-state index in [-0.39, 0.29) is 12.3 Å². The maximum atomic E-state index is 12.5. The van der Waals surface area contributed by atoms with Crippen molar-refractivity contribution in [1.82, 2.24) is 10.6 Å². The summed E-state index contributed by atoms with van der Waals surface area (Å²) in [5.74, 6) is 2.96. The minimum absolute atomic E-state index is 0.0338. The molecule has 0 unspecified atom stereocenters. The van der Waals surface area contributed by atoms with Crippen molar-refractivity contribution < 1.29 is 8.42 Å². The van der Waals surface area contributed by atoms with Crippen molar-refractivity contribution in [3.63, 3.8) is 0 Å². The van der Waals surface area contributed by atoms with Crippen molar-refractivity contribution in [2.24, 2.45) is 4.99 Å². The minimum Gasteiger partial charge on any atom is -0.357 e. The fourth-order valence-electron chi connectivity index (χ4n) is 2.46. The van der Waals surface area contributed by atoms with E-state index < -0.39 is 10.0 Å². The largest absolute Gasteiger partial charge is 0.357 e. The Hall–Kier alpha value is -2.20. The topological polar surface area (TPSA) is 73.8 Å². The molecular formula is C16H22N4O2S. The van der Waals surface area contributed by atoms with E-state index in [2.05, 4.69) is 21.5 Å². The Bertz CT molecular complexity index is 707. The Morgan fingerprint density at radius 3 is 2.91 bits per heavy atom. The van der Waals surface area contributed by atoms with Crippen LogP contribution in [0, 0.1) is 12.3 Å². The van der Waals surface area contributed by atoms with E-state index in [1.807, 2.05) is 31.2 Å². The summed E-state index contributed by atoms with van der Waals surface area (Å²) in [6.07, 6.45) is 5.96. The van der Waals surface area contributed by atoms with Crippen molar-refractivity contribution in [2.75, 3.05) is 36.2 Å². The van der Waals surface area contributed by atoms with Crippen LogP contribution in [0.1, 0.15) is 12.5 Å². The summed E-state index contributed by atoms with van der Waals surface area (Å²) < 4.78 is 26.6. The van der Waals surface area contributed by atoms with Gasteiger partial charge in [0, 0.05) is 13.1 Å². The van der Waals surface area contributed by atoms with E-state index in [4.69, 9.17) is 6.42 Å². The SMILES string of the molecule is C#CCNC(=NCCS(=O)(=O)N1CCc2ccccc21)NCC. The van der Waals surface area contributed by atoms with E-state index in [9.17, 15) is 8.42 Å². The lowest BCUT2D eigenvalue weighted by Crippen LogP contribution is -2.38. The molecule has 0 radical (unpaired) electrons. The molecule has 124 valence electrons. The average molecular weight is 334 g/mol. The number of nitrogens with one attached hydrogen (secondary N) is 2. The van der Waals surface area contributed by atoms with Crippen molar-refractivity contribution in [3.05, 3.63) is 29.8 Å². The predicted molar refractivity (Wildman–Crippen MR) is 94.1 cm³/mol. The molecule has 2 rings (SSSR count). The van der Waals surface area contributed by atoms with Crippen molar-refractivity contribution in [2.45, 2.75) is 13.3 Å². The van der Waals surface area contributed by atoms with Crippen LogP contribution in [0.4, 0.5) is 5.69 Å². The Balaban J connectivity index is 2.01. The lowest BCUT2D eigenvalue weighted by Gasteiger charge is -2.19. The lowest BCUT2D eigenvalue weighted by molar-refractivity contribution is 0.592. The fraction of sp³-hybridized carbons (Fsp3) is 0.438. The molecular weight excluding hydrogens is 312 g/mol. The van der Waals surface area contributed by atoms with Gasteiger partial charge in [-0.05, 0) is 25.0 Å². The molecule has 0 amide bonds. The van der Waals surface area contributed by atoms with Crippen LogP contribution < -0.4 is 14.9 Å². The third-order valence-corrected chi connectivity index (χ3v) is 5.25. The third-order valence-electron chi connectivity index (χ3n) is 3.50. The summed E-state index contributed by atoms with van der Waals surface area (Å²) >= 11 is 0. The van der Waals surface area contributed by atoms with E-state index in [1.54, 1.807) is 0 Å². The molecule has 0 aliphatic carbocycles. The Labute approximate surface area is 138 Å². The number of guanidine groups is 1. The summed E-state index contributed by atoms with van der Waals surface area (Å²) in [6.45, 7) is 3.65. The number of aliphatic imine (C=N–C) groups is 1. The number of hydrogen-bond acceptors (Lipinski definition) is 3. The molecule has 1 aliphatic rings. The molecule has 1 heterocycles. The zero-order valence-electron chi connectivity index (χ0n) is 13.2. The molecule has 0 saturated heterocycles. The summed E-state index contributed by atoms with van der Waals surface area (Å²) in [6, 6.07) is 7.61.